The van der Waals surface area contributed by atoms with E-state index < -0.39 is 0 Å². The number of nitrogens with one attached hydrogen (secondary N) is 1. The first-order valence-corrected chi connectivity index (χ1v) is 6.01. The lowest BCUT2D eigenvalue weighted by Gasteiger charge is -2.21. The largest absolute Gasteiger partial charge is 0.314 e. The second-order valence-electron chi connectivity index (χ2n) is 4.63. The molecule has 13 heavy (non-hydrogen) atoms. The molecule has 1 fully saturated rings. The fourth-order valence-electron chi connectivity index (χ4n) is 2.25. The molecule has 1 aliphatic rings. The van der Waals surface area contributed by atoms with Gasteiger partial charge in [-0.15, -0.1) is 0 Å². The predicted molar refractivity (Wildman–Crippen MR) is 58.9 cm³/mol. The summed E-state index contributed by atoms with van der Waals surface area (Å²) in [5, 5.41) is 3.63. The van der Waals surface area contributed by atoms with Crippen LogP contribution in [-0.2, 0) is 0 Å². The lowest BCUT2D eigenvalue weighted by atomic mass is 9.95. The van der Waals surface area contributed by atoms with Crippen molar-refractivity contribution in [2.24, 2.45) is 11.8 Å². The Hall–Kier alpha value is -0.0400. The lowest BCUT2D eigenvalue weighted by molar-refractivity contribution is 0.360. The predicted octanol–water partition coefficient (Wildman–Crippen LogP) is 3.20. The van der Waals surface area contributed by atoms with Gasteiger partial charge >= 0.3 is 0 Å². The van der Waals surface area contributed by atoms with Crippen LogP contribution in [0.5, 0.6) is 0 Å². The average molecular weight is 183 g/mol. The lowest BCUT2D eigenvalue weighted by Crippen LogP contribution is -2.32. The highest BCUT2D eigenvalue weighted by Gasteiger charge is 2.30. The van der Waals surface area contributed by atoms with Crippen molar-refractivity contribution in [3.8, 4) is 0 Å². The molecule has 1 N–H and O–H groups in total. The Morgan fingerprint density at radius 2 is 2.00 bits per heavy atom. The van der Waals surface area contributed by atoms with Crippen LogP contribution in [-0.4, -0.2) is 12.6 Å². The standard InChI is InChI=1S/C12H25N/c1-4-6-10(3)9-12(13-5-2)11-7-8-11/h10-13H,4-9H2,1-3H3. The molecule has 0 amide bonds. The van der Waals surface area contributed by atoms with E-state index in [9.17, 15) is 0 Å². The minimum Gasteiger partial charge on any atom is -0.314 e. The van der Waals surface area contributed by atoms with E-state index in [-0.39, 0.29) is 0 Å². The molecule has 0 aliphatic heterocycles. The molecule has 1 nitrogen and oxygen atoms in total. The molecule has 1 heteroatoms. The fourth-order valence-corrected chi connectivity index (χ4v) is 2.25. The first-order valence-electron chi connectivity index (χ1n) is 6.01. The third-order valence-electron chi connectivity index (χ3n) is 3.10. The van der Waals surface area contributed by atoms with Gasteiger partial charge in [0.05, 0.1) is 0 Å². The summed E-state index contributed by atoms with van der Waals surface area (Å²) in [6, 6.07) is 0.826. The van der Waals surface area contributed by atoms with E-state index in [2.05, 4.69) is 26.1 Å². The van der Waals surface area contributed by atoms with Gasteiger partial charge < -0.3 is 5.32 Å². The summed E-state index contributed by atoms with van der Waals surface area (Å²) in [6.07, 6.45) is 7.07. The highest BCUT2D eigenvalue weighted by Crippen LogP contribution is 2.35. The Bertz CT molecular complexity index is 129. The first-order chi connectivity index (χ1) is 6.27. The van der Waals surface area contributed by atoms with Gasteiger partial charge in [0, 0.05) is 6.04 Å². The van der Waals surface area contributed by atoms with Crippen molar-refractivity contribution in [2.75, 3.05) is 6.54 Å². The van der Waals surface area contributed by atoms with E-state index in [0.29, 0.717) is 0 Å². The zero-order chi connectivity index (χ0) is 9.68. The van der Waals surface area contributed by atoms with Crippen molar-refractivity contribution in [1.29, 1.82) is 0 Å². The van der Waals surface area contributed by atoms with Gasteiger partial charge in [0.1, 0.15) is 0 Å². The molecule has 2 unspecified atom stereocenters. The smallest absolute Gasteiger partial charge is 0.00977 e. The molecule has 0 spiro atoms. The summed E-state index contributed by atoms with van der Waals surface area (Å²) < 4.78 is 0. The van der Waals surface area contributed by atoms with Crippen molar-refractivity contribution in [1.82, 2.24) is 5.32 Å². The Kier molecular flexibility index (Phi) is 4.79. The third kappa shape index (κ3) is 4.12. The van der Waals surface area contributed by atoms with Crippen LogP contribution >= 0.6 is 0 Å². The summed E-state index contributed by atoms with van der Waals surface area (Å²) in [5.74, 6) is 1.92. The molecule has 0 aromatic carbocycles. The van der Waals surface area contributed by atoms with Crippen molar-refractivity contribution in [3.05, 3.63) is 0 Å². The average Bonchev–Trinajstić information content (AvgIpc) is 2.86. The second-order valence-corrected chi connectivity index (χ2v) is 4.63. The zero-order valence-corrected chi connectivity index (χ0v) is 9.47. The summed E-state index contributed by atoms with van der Waals surface area (Å²) in [4.78, 5) is 0. The third-order valence-corrected chi connectivity index (χ3v) is 3.10. The van der Waals surface area contributed by atoms with Crippen molar-refractivity contribution in [2.45, 2.75) is 58.9 Å². The maximum absolute atomic E-state index is 3.63. The van der Waals surface area contributed by atoms with Crippen LogP contribution in [0, 0.1) is 11.8 Å². The van der Waals surface area contributed by atoms with E-state index in [1.165, 1.54) is 32.1 Å². The van der Waals surface area contributed by atoms with Crippen molar-refractivity contribution >= 4 is 0 Å². The zero-order valence-electron chi connectivity index (χ0n) is 9.47. The van der Waals surface area contributed by atoms with Gasteiger partial charge in [0.2, 0.25) is 0 Å². The normalized spacial score (nSPS) is 21.5. The topological polar surface area (TPSA) is 12.0 Å². The molecule has 0 aromatic heterocycles. The molecule has 0 saturated heterocycles. The summed E-state index contributed by atoms with van der Waals surface area (Å²) in [6.45, 7) is 8.05. The van der Waals surface area contributed by atoms with E-state index >= 15 is 0 Å². The maximum Gasteiger partial charge on any atom is 0.00977 e. The van der Waals surface area contributed by atoms with Crippen LogP contribution in [0.15, 0.2) is 0 Å². The Morgan fingerprint density at radius 1 is 1.31 bits per heavy atom. The summed E-state index contributed by atoms with van der Waals surface area (Å²) in [5.41, 5.74) is 0. The van der Waals surface area contributed by atoms with Crippen LogP contribution in [0.1, 0.15) is 52.9 Å². The van der Waals surface area contributed by atoms with Crippen LogP contribution in [0.25, 0.3) is 0 Å². The van der Waals surface area contributed by atoms with Gasteiger partial charge in [-0.1, -0.05) is 33.6 Å². The Morgan fingerprint density at radius 3 is 2.46 bits per heavy atom. The van der Waals surface area contributed by atoms with Gasteiger partial charge in [-0.05, 0) is 37.6 Å². The Balaban J connectivity index is 2.20. The van der Waals surface area contributed by atoms with Gasteiger partial charge in [-0.25, -0.2) is 0 Å². The van der Waals surface area contributed by atoms with Crippen LogP contribution in [0.2, 0.25) is 0 Å². The number of hydrogen-bond donors (Lipinski definition) is 1. The molecule has 0 heterocycles. The van der Waals surface area contributed by atoms with E-state index in [1.54, 1.807) is 0 Å². The molecule has 1 rings (SSSR count). The van der Waals surface area contributed by atoms with Gasteiger partial charge in [-0.2, -0.15) is 0 Å². The van der Waals surface area contributed by atoms with Crippen LogP contribution < -0.4 is 5.32 Å². The summed E-state index contributed by atoms with van der Waals surface area (Å²) in [7, 11) is 0. The van der Waals surface area contributed by atoms with Gasteiger partial charge in [0.15, 0.2) is 0 Å². The molecular formula is C12H25N. The quantitative estimate of drug-likeness (QED) is 0.639. The number of rotatable bonds is 7. The Labute approximate surface area is 83.3 Å². The monoisotopic (exact) mass is 183 g/mol. The van der Waals surface area contributed by atoms with E-state index in [4.69, 9.17) is 0 Å². The molecular weight excluding hydrogens is 158 g/mol. The molecule has 1 saturated carbocycles. The number of hydrogen-bond acceptors (Lipinski definition) is 1. The molecule has 0 aromatic rings. The second kappa shape index (κ2) is 5.64. The minimum atomic E-state index is 0.826. The molecule has 0 bridgehead atoms. The first kappa shape index (κ1) is 11.0. The summed E-state index contributed by atoms with van der Waals surface area (Å²) >= 11 is 0. The fraction of sp³-hybridized carbons (Fsp3) is 1.00. The van der Waals surface area contributed by atoms with Crippen molar-refractivity contribution < 1.29 is 0 Å². The molecule has 1 aliphatic carbocycles. The maximum atomic E-state index is 3.63. The molecule has 0 radical (unpaired) electrons. The van der Waals surface area contributed by atoms with E-state index in [0.717, 1.165) is 24.4 Å². The van der Waals surface area contributed by atoms with Crippen molar-refractivity contribution in [3.63, 3.8) is 0 Å². The molecule has 2 atom stereocenters. The van der Waals surface area contributed by atoms with Gasteiger partial charge in [0.25, 0.3) is 0 Å². The minimum absolute atomic E-state index is 0.826. The SMILES string of the molecule is CCCC(C)CC(NCC)C1CC1. The van der Waals surface area contributed by atoms with Gasteiger partial charge in [-0.3, -0.25) is 0 Å². The van der Waals surface area contributed by atoms with Crippen LogP contribution in [0.4, 0.5) is 0 Å². The van der Waals surface area contributed by atoms with E-state index in [1.807, 2.05) is 0 Å². The highest BCUT2D eigenvalue weighted by atomic mass is 14.9. The van der Waals surface area contributed by atoms with Crippen LogP contribution in [0.3, 0.4) is 0 Å². The highest BCUT2D eigenvalue weighted by molar-refractivity contribution is 4.86. The molecule has 78 valence electrons.